The van der Waals surface area contributed by atoms with Crippen molar-refractivity contribution in [3.63, 3.8) is 0 Å². The molecule has 0 unspecified atom stereocenters. The lowest BCUT2D eigenvalue weighted by atomic mass is 10.0. The van der Waals surface area contributed by atoms with Crippen LogP contribution < -0.4 is 21.7 Å². The minimum Gasteiger partial charge on any atom is -0.382 e. The van der Waals surface area contributed by atoms with Gasteiger partial charge in [-0.2, -0.15) is 0 Å². The average Bonchev–Trinajstić information content (AvgIpc) is 2.91. The highest BCUT2D eigenvalue weighted by Gasteiger charge is 2.26. The molecule has 0 bridgehead atoms. The molecule has 5 N–H and O–H groups in total. The number of primary amides is 1. The first-order valence-electron chi connectivity index (χ1n) is 13.1. The van der Waals surface area contributed by atoms with Crippen molar-refractivity contribution < 1.29 is 52.4 Å². The zero-order valence-corrected chi connectivity index (χ0v) is 24.0. The van der Waals surface area contributed by atoms with E-state index in [-0.39, 0.29) is 32.0 Å². The topological polar surface area (TPSA) is 203 Å². The standard InChI is InChI=1S/C25H46N4O11/c1-18(23(32)28-19(2)24(33)29-21(16-22(26)31)25(34)27-3)15-20(30)17-40-14-13-39-12-11-38-10-9-37-8-7-36-6-5-35-4/h18-19,21H,5-17H2,1-4H3,(H2,26,31)(H,27,34)(H,28,32)(H,29,33)/t18-,19+,21+/m0/s1. The van der Waals surface area contributed by atoms with E-state index < -0.39 is 48.1 Å². The Labute approximate surface area is 235 Å². The van der Waals surface area contributed by atoms with E-state index in [4.69, 9.17) is 34.2 Å². The normalized spacial score (nSPS) is 13.2. The van der Waals surface area contributed by atoms with E-state index >= 15 is 0 Å². The molecule has 232 valence electrons. The van der Waals surface area contributed by atoms with Gasteiger partial charge in [0.1, 0.15) is 18.7 Å². The summed E-state index contributed by atoms with van der Waals surface area (Å²) in [5, 5.41) is 7.18. The zero-order chi connectivity index (χ0) is 30.2. The molecule has 0 fully saturated rings. The molecule has 3 atom stereocenters. The SMILES string of the molecule is CNC(=O)[C@@H](CC(N)=O)NC(=O)[C@@H](C)NC(=O)[C@@H](C)CC(=O)COCCOCCOCCOCCOCCOC. The Kier molecular flexibility index (Phi) is 22.5. The quantitative estimate of drug-likeness (QED) is 0.0821. The van der Waals surface area contributed by atoms with Crippen molar-refractivity contribution in [1.82, 2.24) is 16.0 Å². The highest BCUT2D eigenvalue weighted by atomic mass is 16.6. The summed E-state index contributed by atoms with van der Waals surface area (Å²) in [6.45, 7) is 6.99. The Hall–Kier alpha value is -2.69. The molecule has 4 amide bonds. The molecule has 15 nitrogen and oxygen atoms in total. The first-order valence-corrected chi connectivity index (χ1v) is 13.1. The van der Waals surface area contributed by atoms with Crippen LogP contribution in [0.4, 0.5) is 0 Å². The number of carbonyl (C=O) groups is 5. The number of ether oxygens (including phenoxy) is 6. The molecule has 0 saturated heterocycles. The van der Waals surface area contributed by atoms with E-state index in [0.717, 1.165) is 0 Å². The molecule has 0 aromatic heterocycles. The summed E-state index contributed by atoms with van der Waals surface area (Å²) in [4.78, 5) is 59.8. The van der Waals surface area contributed by atoms with E-state index in [1.165, 1.54) is 14.0 Å². The minimum absolute atomic E-state index is 0.0846. The van der Waals surface area contributed by atoms with Crippen molar-refractivity contribution in [2.75, 3.05) is 86.8 Å². The zero-order valence-electron chi connectivity index (χ0n) is 24.0. The second-order valence-corrected chi connectivity index (χ2v) is 8.71. The molecule has 0 rings (SSSR count). The molecule has 0 aliphatic heterocycles. The fraction of sp³-hybridized carbons (Fsp3) is 0.800. The van der Waals surface area contributed by atoms with Gasteiger partial charge in [0.05, 0.1) is 72.5 Å². The van der Waals surface area contributed by atoms with Crippen LogP contribution in [0.5, 0.6) is 0 Å². The molecule has 0 aromatic carbocycles. The highest BCUT2D eigenvalue weighted by molar-refractivity contribution is 5.95. The Balaban J connectivity index is 3.91. The predicted molar refractivity (Wildman–Crippen MR) is 142 cm³/mol. The Morgan fingerprint density at radius 1 is 0.650 bits per heavy atom. The van der Waals surface area contributed by atoms with E-state index in [9.17, 15) is 24.0 Å². The number of Topliss-reactive ketones (excluding diaryl/α,β-unsaturated/α-hetero) is 1. The highest BCUT2D eigenvalue weighted by Crippen LogP contribution is 2.04. The number of nitrogens with two attached hydrogens (primary N) is 1. The smallest absolute Gasteiger partial charge is 0.242 e. The van der Waals surface area contributed by atoms with Gasteiger partial charge in [0.25, 0.3) is 0 Å². The van der Waals surface area contributed by atoms with Crippen molar-refractivity contribution in [2.24, 2.45) is 11.7 Å². The molecular weight excluding hydrogens is 532 g/mol. The van der Waals surface area contributed by atoms with Gasteiger partial charge < -0.3 is 50.1 Å². The molecule has 40 heavy (non-hydrogen) atoms. The second-order valence-electron chi connectivity index (χ2n) is 8.71. The van der Waals surface area contributed by atoms with Crippen LogP contribution in [0.15, 0.2) is 0 Å². The molecule has 15 heteroatoms. The molecule has 0 heterocycles. The van der Waals surface area contributed by atoms with Crippen LogP contribution in [0.25, 0.3) is 0 Å². The summed E-state index contributed by atoms with van der Waals surface area (Å²) in [5.74, 6) is -3.56. The molecule has 0 aliphatic rings. The summed E-state index contributed by atoms with van der Waals surface area (Å²) < 4.78 is 31.5. The van der Waals surface area contributed by atoms with Gasteiger partial charge in [-0.15, -0.1) is 0 Å². The van der Waals surface area contributed by atoms with Gasteiger partial charge in [-0.1, -0.05) is 6.92 Å². The average molecular weight is 579 g/mol. The summed E-state index contributed by atoms with van der Waals surface area (Å²) in [7, 11) is 2.96. The van der Waals surface area contributed by atoms with E-state index in [2.05, 4.69) is 16.0 Å². The largest absolute Gasteiger partial charge is 0.382 e. The van der Waals surface area contributed by atoms with Gasteiger partial charge in [0, 0.05) is 26.5 Å². The van der Waals surface area contributed by atoms with Crippen LogP contribution in [-0.4, -0.2) is 128 Å². The van der Waals surface area contributed by atoms with Gasteiger partial charge >= 0.3 is 0 Å². The predicted octanol–water partition coefficient (Wildman–Crippen LogP) is -2.08. The number of likely N-dealkylation sites (N-methyl/N-ethyl adjacent to an activating group) is 1. The Bertz CT molecular complexity index is 754. The molecule has 0 aliphatic carbocycles. The van der Waals surface area contributed by atoms with Gasteiger partial charge in [-0.3, -0.25) is 24.0 Å². The van der Waals surface area contributed by atoms with Crippen LogP contribution in [0.3, 0.4) is 0 Å². The summed E-state index contributed by atoms with van der Waals surface area (Å²) in [6.07, 6.45) is -0.475. The molecular formula is C25H46N4O11. The van der Waals surface area contributed by atoms with Crippen molar-refractivity contribution in [3.8, 4) is 0 Å². The molecule has 0 saturated carbocycles. The van der Waals surface area contributed by atoms with Crippen LogP contribution >= 0.6 is 0 Å². The van der Waals surface area contributed by atoms with E-state index in [0.29, 0.717) is 52.9 Å². The summed E-state index contributed by atoms with van der Waals surface area (Å²) in [5.41, 5.74) is 5.11. The lowest BCUT2D eigenvalue weighted by Gasteiger charge is -2.20. The van der Waals surface area contributed by atoms with Crippen LogP contribution in [0.2, 0.25) is 0 Å². The summed E-state index contributed by atoms with van der Waals surface area (Å²) in [6, 6.07) is -2.18. The van der Waals surface area contributed by atoms with E-state index in [1.54, 1.807) is 14.0 Å². The third kappa shape index (κ3) is 20.2. The lowest BCUT2D eigenvalue weighted by molar-refractivity contribution is -0.135. The third-order valence-corrected chi connectivity index (χ3v) is 5.20. The molecule has 0 spiro atoms. The fourth-order valence-corrected chi connectivity index (χ4v) is 3.00. The first-order chi connectivity index (χ1) is 19.1. The Morgan fingerprint density at radius 3 is 1.57 bits per heavy atom. The second kappa shape index (κ2) is 24.1. The maximum atomic E-state index is 12.4. The van der Waals surface area contributed by atoms with Crippen molar-refractivity contribution in [3.05, 3.63) is 0 Å². The third-order valence-electron chi connectivity index (χ3n) is 5.20. The van der Waals surface area contributed by atoms with Crippen LogP contribution in [0.1, 0.15) is 26.7 Å². The molecule has 0 aromatic rings. The van der Waals surface area contributed by atoms with Gasteiger partial charge in [-0.05, 0) is 6.92 Å². The minimum atomic E-state index is -1.16. The lowest BCUT2D eigenvalue weighted by Crippen LogP contribution is -2.53. The fourth-order valence-electron chi connectivity index (χ4n) is 3.00. The number of rotatable bonds is 26. The van der Waals surface area contributed by atoms with Gasteiger partial charge in [0.2, 0.25) is 23.6 Å². The van der Waals surface area contributed by atoms with Crippen molar-refractivity contribution >= 4 is 29.4 Å². The summed E-state index contributed by atoms with van der Waals surface area (Å²) >= 11 is 0. The Morgan fingerprint density at radius 2 is 1.12 bits per heavy atom. The number of ketones is 1. The molecule has 0 radical (unpaired) electrons. The number of methoxy groups -OCH3 is 1. The van der Waals surface area contributed by atoms with Crippen LogP contribution in [-0.2, 0) is 52.4 Å². The van der Waals surface area contributed by atoms with Gasteiger partial charge in [-0.25, -0.2) is 0 Å². The maximum Gasteiger partial charge on any atom is 0.242 e. The number of carbonyl (C=O) groups excluding carboxylic acids is 5. The number of nitrogens with one attached hydrogen (secondary N) is 3. The van der Waals surface area contributed by atoms with E-state index in [1.807, 2.05) is 0 Å². The monoisotopic (exact) mass is 578 g/mol. The first kappa shape index (κ1) is 37.3. The number of hydrogen-bond donors (Lipinski definition) is 4. The van der Waals surface area contributed by atoms with Gasteiger partial charge in [0.15, 0.2) is 5.78 Å². The number of amides is 4. The van der Waals surface area contributed by atoms with Crippen molar-refractivity contribution in [2.45, 2.75) is 38.8 Å². The number of hydrogen-bond acceptors (Lipinski definition) is 11. The maximum absolute atomic E-state index is 12.4. The van der Waals surface area contributed by atoms with Crippen molar-refractivity contribution in [1.29, 1.82) is 0 Å². The van der Waals surface area contributed by atoms with Crippen LogP contribution in [0, 0.1) is 5.92 Å².